The molecule has 0 saturated carbocycles. The van der Waals surface area contributed by atoms with E-state index in [0.717, 1.165) is 18.6 Å². The van der Waals surface area contributed by atoms with E-state index in [9.17, 15) is 0 Å². The summed E-state index contributed by atoms with van der Waals surface area (Å²) in [5.74, 6) is 1.83. The van der Waals surface area contributed by atoms with E-state index in [0.29, 0.717) is 0 Å². The van der Waals surface area contributed by atoms with Gasteiger partial charge in [-0.2, -0.15) is 0 Å². The van der Waals surface area contributed by atoms with Gasteiger partial charge in [-0.25, -0.2) is 0 Å². The minimum Gasteiger partial charge on any atom is -0.455 e. The third-order valence-electron chi connectivity index (χ3n) is 2.39. The zero-order chi connectivity index (χ0) is 12.4. The molecule has 0 spiro atoms. The van der Waals surface area contributed by atoms with Gasteiger partial charge in [-0.05, 0) is 94.4 Å². The summed E-state index contributed by atoms with van der Waals surface area (Å²) in [4.78, 5) is 0. The van der Waals surface area contributed by atoms with Crippen LogP contribution in [-0.2, 0) is 0 Å². The van der Waals surface area contributed by atoms with Crippen molar-refractivity contribution in [2.75, 3.05) is 0 Å². The normalized spacial score (nSPS) is 10.4. The van der Waals surface area contributed by atoms with E-state index in [2.05, 4.69) is 83.3 Å². The largest absolute Gasteiger partial charge is 0.455 e. The zero-order valence-electron chi connectivity index (χ0n) is 9.63. The van der Waals surface area contributed by atoms with Gasteiger partial charge in [-0.3, -0.25) is 0 Å². The third-order valence-corrected chi connectivity index (χ3v) is 4.08. The summed E-state index contributed by atoms with van der Waals surface area (Å²) in [6, 6.07) is 12.4. The van der Waals surface area contributed by atoms with Crippen molar-refractivity contribution in [1.82, 2.24) is 0 Å². The van der Waals surface area contributed by atoms with E-state index in [-0.39, 0.29) is 0 Å². The first kappa shape index (κ1) is 13.1. The molecule has 0 atom stereocenters. The standard InChI is InChI=1S/C14H12I2O/c1-9-3-5-13(11(15)7-9)17-14-6-4-10(2)8-12(14)16/h3-8H,1-2H3. The lowest BCUT2D eigenvalue weighted by molar-refractivity contribution is 0.475. The Hall–Kier alpha value is -0.300. The second-order valence-corrected chi connectivity index (χ2v) is 6.29. The van der Waals surface area contributed by atoms with Gasteiger partial charge in [-0.15, -0.1) is 0 Å². The Balaban J connectivity index is 2.31. The molecule has 0 saturated heterocycles. The SMILES string of the molecule is Cc1ccc(Oc2ccc(C)cc2I)c(I)c1. The first-order valence-corrected chi connectivity index (χ1v) is 7.42. The molecule has 0 amide bonds. The molecule has 0 aliphatic heterocycles. The Kier molecular flexibility index (Phi) is 4.30. The highest BCUT2D eigenvalue weighted by atomic mass is 127. The van der Waals surface area contributed by atoms with Crippen molar-refractivity contribution in [1.29, 1.82) is 0 Å². The van der Waals surface area contributed by atoms with Crippen LogP contribution in [0.1, 0.15) is 11.1 Å². The van der Waals surface area contributed by atoms with Crippen LogP contribution < -0.4 is 4.74 Å². The predicted octanol–water partition coefficient (Wildman–Crippen LogP) is 5.30. The fourth-order valence-corrected chi connectivity index (χ4v) is 3.06. The molecule has 0 aromatic heterocycles. The third kappa shape index (κ3) is 3.34. The van der Waals surface area contributed by atoms with Crippen molar-refractivity contribution in [2.24, 2.45) is 0 Å². The van der Waals surface area contributed by atoms with Gasteiger partial charge < -0.3 is 4.74 Å². The second kappa shape index (κ2) is 5.56. The summed E-state index contributed by atoms with van der Waals surface area (Å²) in [5, 5.41) is 0. The molecule has 1 nitrogen and oxygen atoms in total. The van der Waals surface area contributed by atoms with Crippen LogP contribution in [-0.4, -0.2) is 0 Å². The predicted molar refractivity (Wildman–Crippen MR) is 87.9 cm³/mol. The highest BCUT2D eigenvalue weighted by molar-refractivity contribution is 14.1. The topological polar surface area (TPSA) is 9.23 Å². The summed E-state index contributed by atoms with van der Waals surface area (Å²) in [5.41, 5.74) is 2.50. The van der Waals surface area contributed by atoms with Gasteiger partial charge in [0, 0.05) is 0 Å². The molecule has 2 rings (SSSR count). The molecular formula is C14H12I2O. The molecule has 0 bridgehead atoms. The van der Waals surface area contributed by atoms with E-state index >= 15 is 0 Å². The first-order chi connectivity index (χ1) is 8.06. The number of ether oxygens (including phenoxy) is 1. The summed E-state index contributed by atoms with van der Waals surface area (Å²) < 4.78 is 8.21. The Bertz CT molecular complexity index is 500. The van der Waals surface area contributed by atoms with Gasteiger partial charge in [0.25, 0.3) is 0 Å². The molecule has 0 radical (unpaired) electrons. The fourth-order valence-electron chi connectivity index (χ4n) is 1.50. The molecule has 2 aromatic rings. The van der Waals surface area contributed by atoms with Crippen molar-refractivity contribution in [3.63, 3.8) is 0 Å². The number of hydrogen-bond acceptors (Lipinski definition) is 1. The molecule has 0 heterocycles. The molecule has 0 aliphatic carbocycles. The Morgan fingerprint density at radius 1 is 0.765 bits per heavy atom. The molecule has 17 heavy (non-hydrogen) atoms. The minimum absolute atomic E-state index is 0.915. The second-order valence-electron chi connectivity index (χ2n) is 3.97. The molecule has 0 fully saturated rings. The van der Waals surface area contributed by atoms with E-state index in [1.54, 1.807) is 0 Å². The highest BCUT2D eigenvalue weighted by Crippen LogP contribution is 2.30. The van der Waals surface area contributed by atoms with Crippen LogP contribution >= 0.6 is 45.2 Å². The van der Waals surface area contributed by atoms with Crippen LogP contribution in [0, 0.1) is 21.0 Å². The Morgan fingerprint density at radius 3 is 1.53 bits per heavy atom. The van der Waals surface area contributed by atoms with Crippen LogP contribution in [0.4, 0.5) is 0 Å². The summed E-state index contributed by atoms with van der Waals surface area (Å²) in [6.07, 6.45) is 0. The van der Waals surface area contributed by atoms with Crippen LogP contribution in [0.5, 0.6) is 11.5 Å². The lowest BCUT2D eigenvalue weighted by Crippen LogP contribution is -1.91. The van der Waals surface area contributed by atoms with Crippen molar-refractivity contribution in [3.8, 4) is 11.5 Å². The maximum absolute atomic E-state index is 5.93. The Morgan fingerprint density at radius 2 is 1.18 bits per heavy atom. The van der Waals surface area contributed by atoms with Crippen LogP contribution in [0.15, 0.2) is 36.4 Å². The summed E-state index contributed by atoms with van der Waals surface area (Å²) in [7, 11) is 0. The van der Waals surface area contributed by atoms with Crippen molar-refractivity contribution >= 4 is 45.2 Å². The van der Waals surface area contributed by atoms with E-state index in [1.807, 2.05) is 12.1 Å². The van der Waals surface area contributed by atoms with Gasteiger partial charge in [0.1, 0.15) is 11.5 Å². The van der Waals surface area contributed by atoms with E-state index in [1.165, 1.54) is 11.1 Å². The molecule has 3 heteroatoms. The average molecular weight is 450 g/mol. The summed E-state index contributed by atoms with van der Waals surface area (Å²) >= 11 is 4.61. The Labute approximate surface area is 129 Å². The monoisotopic (exact) mass is 450 g/mol. The fraction of sp³-hybridized carbons (Fsp3) is 0.143. The van der Waals surface area contributed by atoms with Crippen LogP contribution in [0.3, 0.4) is 0 Å². The molecule has 0 aliphatic rings. The van der Waals surface area contributed by atoms with Crippen molar-refractivity contribution in [2.45, 2.75) is 13.8 Å². The van der Waals surface area contributed by atoms with Gasteiger partial charge in [0.15, 0.2) is 0 Å². The maximum atomic E-state index is 5.93. The first-order valence-electron chi connectivity index (χ1n) is 5.26. The maximum Gasteiger partial charge on any atom is 0.140 e. The zero-order valence-corrected chi connectivity index (χ0v) is 13.9. The number of hydrogen-bond donors (Lipinski definition) is 0. The number of aryl methyl sites for hydroxylation is 2. The molecule has 2 aromatic carbocycles. The molecule has 0 unspecified atom stereocenters. The van der Waals surface area contributed by atoms with Crippen molar-refractivity contribution in [3.05, 3.63) is 54.7 Å². The van der Waals surface area contributed by atoms with Gasteiger partial charge in [0.05, 0.1) is 7.14 Å². The van der Waals surface area contributed by atoms with E-state index in [4.69, 9.17) is 4.74 Å². The lowest BCUT2D eigenvalue weighted by Gasteiger charge is -2.10. The highest BCUT2D eigenvalue weighted by Gasteiger charge is 2.06. The molecular weight excluding hydrogens is 438 g/mol. The van der Waals surface area contributed by atoms with E-state index < -0.39 is 0 Å². The molecule has 0 N–H and O–H groups in total. The average Bonchev–Trinajstić information content (AvgIpc) is 2.25. The summed E-state index contributed by atoms with van der Waals surface area (Å²) in [6.45, 7) is 4.17. The quantitative estimate of drug-likeness (QED) is 0.565. The smallest absolute Gasteiger partial charge is 0.140 e. The van der Waals surface area contributed by atoms with Gasteiger partial charge in [-0.1, -0.05) is 12.1 Å². The van der Waals surface area contributed by atoms with Crippen LogP contribution in [0.2, 0.25) is 0 Å². The van der Waals surface area contributed by atoms with Crippen LogP contribution in [0.25, 0.3) is 0 Å². The van der Waals surface area contributed by atoms with Gasteiger partial charge >= 0.3 is 0 Å². The number of benzene rings is 2. The van der Waals surface area contributed by atoms with Crippen molar-refractivity contribution < 1.29 is 4.74 Å². The number of halogens is 2. The van der Waals surface area contributed by atoms with Gasteiger partial charge in [0.2, 0.25) is 0 Å². The molecule has 88 valence electrons. The lowest BCUT2D eigenvalue weighted by atomic mass is 10.2. The minimum atomic E-state index is 0.915. The number of rotatable bonds is 2.